The molecule has 3 aromatic rings. The highest BCUT2D eigenvalue weighted by molar-refractivity contribution is 9.10. The van der Waals surface area contributed by atoms with Crippen molar-refractivity contribution in [1.82, 2.24) is 4.98 Å². The predicted molar refractivity (Wildman–Crippen MR) is 98.8 cm³/mol. The second kappa shape index (κ2) is 6.86. The van der Waals surface area contributed by atoms with Crippen LogP contribution in [-0.4, -0.2) is 13.4 Å². The average Bonchev–Trinajstić information content (AvgIpc) is 2.58. The van der Waals surface area contributed by atoms with Gasteiger partial charge in [0.1, 0.15) is 16.5 Å². The third-order valence-corrected chi connectivity index (χ3v) is 5.68. The average molecular weight is 439 g/mol. The molecule has 0 spiro atoms. The lowest BCUT2D eigenvalue weighted by Gasteiger charge is -2.12. The maximum atomic E-state index is 14.6. The Hall–Kier alpha value is -2.16. The van der Waals surface area contributed by atoms with E-state index < -0.39 is 26.6 Å². The number of halogens is 3. The van der Waals surface area contributed by atoms with E-state index in [4.69, 9.17) is 5.14 Å². The number of aryl methyl sites for hydroxylation is 1. The summed E-state index contributed by atoms with van der Waals surface area (Å²) in [5.41, 5.74) is 2.38. The van der Waals surface area contributed by atoms with Gasteiger partial charge in [-0.25, -0.2) is 22.3 Å². The van der Waals surface area contributed by atoms with Gasteiger partial charge in [-0.1, -0.05) is 34.1 Å². The third kappa shape index (κ3) is 3.53. The first-order valence-corrected chi connectivity index (χ1v) is 9.76. The SMILES string of the molecule is Cc1cc(-c2cccnc2-c2cc(F)c(S(N)(=O)=O)cc2F)ccc1Br. The molecule has 0 saturated heterocycles. The largest absolute Gasteiger partial charge is 0.255 e. The van der Waals surface area contributed by atoms with Crippen molar-refractivity contribution in [1.29, 1.82) is 0 Å². The van der Waals surface area contributed by atoms with Gasteiger partial charge in [0.2, 0.25) is 10.0 Å². The highest BCUT2D eigenvalue weighted by Crippen LogP contribution is 2.34. The fraction of sp³-hybridized carbons (Fsp3) is 0.0556. The number of sulfonamides is 1. The molecule has 3 rings (SSSR count). The van der Waals surface area contributed by atoms with Crippen LogP contribution in [0.1, 0.15) is 5.56 Å². The first-order chi connectivity index (χ1) is 12.2. The smallest absolute Gasteiger partial charge is 0.241 e. The number of rotatable bonds is 3. The molecule has 0 saturated carbocycles. The van der Waals surface area contributed by atoms with Crippen LogP contribution < -0.4 is 5.14 Å². The van der Waals surface area contributed by atoms with Gasteiger partial charge < -0.3 is 0 Å². The molecule has 0 unspecified atom stereocenters. The Balaban J connectivity index is 2.23. The number of pyridine rings is 1. The van der Waals surface area contributed by atoms with Gasteiger partial charge in [0.05, 0.1) is 5.69 Å². The highest BCUT2D eigenvalue weighted by Gasteiger charge is 2.21. The minimum absolute atomic E-state index is 0.147. The molecule has 1 heterocycles. The van der Waals surface area contributed by atoms with Crippen molar-refractivity contribution >= 4 is 26.0 Å². The summed E-state index contributed by atoms with van der Waals surface area (Å²) in [4.78, 5) is 3.28. The van der Waals surface area contributed by atoms with E-state index in [0.717, 1.165) is 21.7 Å². The molecule has 134 valence electrons. The summed E-state index contributed by atoms with van der Waals surface area (Å²) in [5.74, 6) is -2.06. The number of benzene rings is 2. The normalized spacial score (nSPS) is 11.6. The molecule has 0 bridgehead atoms. The van der Waals surface area contributed by atoms with Crippen LogP contribution >= 0.6 is 15.9 Å². The monoisotopic (exact) mass is 438 g/mol. The number of nitrogens with two attached hydrogens (primary N) is 1. The van der Waals surface area contributed by atoms with Crippen LogP contribution in [0.15, 0.2) is 58.0 Å². The number of aromatic nitrogens is 1. The summed E-state index contributed by atoms with van der Waals surface area (Å²) in [6, 6.07) is 10.3. The van der Waals surface area contributed by atoms with E-state index in [1.165, 1.54) is 6.20 Å². The number of nitrogens with zero attached hydrogens (tertiary/aromatic N) is 1. The lowest BCUT2D eigenvalue weighted by molar-refractivity contribution is 0.555. The quantitative estimate of drug-likeness (QED) is 0.657. The second-order valence-corrected chi connectivity index (χ2v) is 8.06. The third-order valence-electron chi connectivity index (χ3n) is 3.86. The highest BCUT2D eigenvalue weighted by atomic mass is 79.9. The molecule has 0 radical (unpaired) electrons. The zero-order valence-corrected chi connectivity index (χ0v) is 15.9. The maximum absolute atomic E-state index is 14.6. The summed E-state index contributed by atoms with van der Waals surface area (Å²) in [6.45, 7) is 1.91. The van der Waals surface area contributed by atoms with Gasteiger partial charge in [-0.15, -0.1) is 0 Å². The fourth-order valence-electron chi connectivity index (χ4n) is 2.59. The predicted octanol–water partition coefficient (Wildman–Crippen LogP) is 4.41. The van der Waals surface area contributed by atoms with Crippen molar-refractivity contribution in [2.24, 2.45) is 5.14 Å². The van der Waals surface area contributed by atoms with Crippen LogP contribution in [-0.2, 0) is 10.0 Å². The van der Waals surface area contributed by atoms with E-state index in [-0.39, 0.29) is 11.3 Å². The summed E-state index contributed by atoms with van der Waals surface area (Å²) < 4.78 is 52.4. The molecule has 2 aromatic carbocycles. The second-order valence-electron chi connectivity index (χ2n) is 5.67. The van der Waals surface area contributed by atoms with Crippen LogP contribution in [0.3, 0.4) is 0 Å². The van der Waals surface area contributed by atoms with E-state index in [0.29, 0.717) is 11.6 Å². The molecular weight excluding hydrogens is 426 g/mol. The van der Waals surface area contributed by atoms with Gasteiger partial charge in [0.25, 0.3) is 0 Å². The lowest BCUT2D eigenvalue weighted by atomic mass is 9.98. The lowest BCUT2D eigenvalue weighted by Crippen LogP contribution is -2.14. The number of primary sulfonamides is 1. The van der Waals surface area contributed by atoms with Gasteiger partial charge in [-0.2, -0.15) is 0 Å². The van der Waals surface area contributed by atoms with E-state index >= 15 is 0 Å². The molecule has 2 N–H and O–H groups in total. The van der Waals surface area contributed by atoms with Crippen LogP contribution in [0.4, 0.5) is 8.78 Å². The van der Waals surface area contributed by atoms with Crippen LogP contribution in [0, 0.1) is 18.6 Å². The van der Waals surface area contributed by atoms with Gasteiger partial charge in [-0.05, 0) is 42.3 Å². The van der Waals surface area contributed by atoms with Crippen molar-refractivity contribution in [3.63, 3.8) is 0 Å². The standard InChI is InChI=1S/C18H13BrF2N2O2S/c1-10-7-11(4-5-14(10)19)12-3-2-6-23-18(12)13-8-16(21)17(9-15(13)20)26(22,24)25/h2-9H,1H3,(H2,22,24,25). The number of hydrogen-bond acceptors (Lipinski definition) is 3. The summed E-state index contributed by atoms with van der Waals surface area (Å²) >= 11 is 3.42. The molecule has 0 aliphatic rings. The van der Waals surface area contributed by atoms with Gasteiger partial charge in [0, 0.05) is 21.8 Å². The van der Waals surface area contributed by atoms with E-state index in [2.05, 4.69) is 20.9 Å². The molecule has 26 heavy (non-hydrogen) atoms. The summed E-state index contributed by atoms with van der Waals surface area (Å²) in [6.07, 6.45) is 1.45. The molecule has 8 heteroatoms. The zero-order valence-electron chi connectivity index (χ0n) is 13.5. The van der Waals surface area contributed by atoms with E-state index in [1.807, 2.05) is 25.1 Å². The fourth-order valence-corrected chi connectivity index (χ4v) is 3.44. The molecule has 0 fully saturated rings. The topological polar surface area (TPSA) is 73.0 Å². The van der Waals surface area contributed by atoms with Crippen LogP contribution in [0.5, 0.6) is 0 Å². The first kappa shape index (κ1) is 18.6. The Morgan fingerprint density at radius 1 is 1.04 bits per heavy atom. The molecule has 0 atom stereocenters. The summed E-state index contributed by atoms with van der Waals surface area (Å²) in [5, 5.41) is 4.91. The van der Waals surface area contributed by atoms with Crippen molar-refractivity contribution in [3.8, 4) is 22.4 Å². The van der Waals surface area contributed by atoms with Crippen molar-refractivity contribution in [3.05, 3.63) is 70.3 Å². The molecule has 4 nitrogen and oxygen atoms in total. The molecule has 0 amide bonds. The Labute approximate surface area is 157 Å². The van der Waals surface area contributed by atoms with Crippen molar-refractivity contribution in [2.75, 3.05) is 0 Å². The Morgan fingerprint density at radius 2 is 1.77 bits per heavy atom. The molecule has 0 aliphatic heterocycles. The Bertz CT molecular complexity index is 1120. The zero-order chi connectivity index (χ0) is 19.1. The Morgan fingerprint density at radius 3 is 2.42 bits per heavy atom. The van der Waals surface area contributed by atoms with Gasteiger partial charge in [0.15, 0.2) is 0 Å². The number of hydrogen-bond donors (Lipinski definition) is 1. The Kier molecular flexibility index (Phi) is 4.92. The summed E-state index contributed by atoms with van der Waals surface area (Å²) in [7, 11) is -4.37. The van der Waals surface area contributed by atoms with Crippen molar-refractivity contribution < 1.29 is 17.2 Å². The minimum atomic E-state index is -4.37. The van der Waals surface area contributed by atoms with Gasteiger partial charge in [-0.3, -0.25) is 4.98 Å². The van der Waals surface area contributed by atoms with Crippen LogP contribution in [0.25, 0.3) is 22.4 Å². The van der Waals surface area contributed by atoms with E-state index in [1.54, 1.807) is 12.1 Å². The molecule has 0 aliphatic carbocycles. The van der Waals surface area contributed by atoms with Gasteiger partial charge >= 0.3 is 0 Å². The first-order valence-electron chi connectivity index (χ1n) is 7.42. The van der Waals surface area contributed by atoms with Crippen LogP contribution in [0.2, 0.25) is 0 Å². The minimum Gasteiger partial charge on any atom is -0.255 e. The van der Waals surface area contributed by atoms with Crippen molar-refractivity contribution in [2.45, 2.75) is 11.8 Å². The van der Waals surface area contributed by atoms with E-state index in [9.17, 15) is 17.2 Å². The maximum Gasteiger partial charge on any atom is 0.241 e. The molecule has 1 aromatic heterocycles. The molecular formula is C18H13BrF2N2O2S.